The normalized spacial score (nSPS) is 35.8. The van der Waals surface area contributed by atoms with Crippen LogP contribution in [-0.4, -0.2) is 214 Å². The van der Waals surface area contributed by atoms with Gasteiger partial charge in [0.2, 0.25) is 0 Å². The SMILES string of the molecule is CC(C)CN.CC(C)CNC(=O)C1(C)CC(O)C(O)C(C(O)C(O)CO)O1.CC1(C)CC(O)C(O)C([C@H](O)[C@H](O)CO)O1.CC[C@@H](C)[C@@H](C)C1OC(C)(C(=O)NCC(C)C)CC(C)C1C.CC[C@@H](C)[C@@H](C)C1OC(C)(C(=O)O)CC(C)C1C.CC[C@@H](C)[C@@H](C)C1OC(C)(C)CC(C)C1C. The summed E-state index contributed by atoms with van der Waals surface area (Å²) in [7, 11) is 0. The Morgan fingerprint density at radius 2 is 0.707 bits per heavy atom. The van der Waals surface area contributed by atoms with E-state index in [9.17, 15) is 60.3 Å². The van der Waals surface area contributed by atoms with Crippen molar-refractivity contribution >= 4 is 17.8 Å². The number of hydrogen-bond donors (Lipinski definition) is 14. The van der Waals surface area contributed by atoms with Gasteiger partial charge in [0.1, 0.15) is 60.0 Å². The standard InChI is InChI=1S/C19H37NO2.C15H28O3.C15H30O.C14H27NO7.C10H20O6.C4H11N/c1-9-13(4)15(6)17-16(7)14(5)10-19(8,22-17)18(21)20-11-12(2)3;1-7-9(2)11(4)13-12(5)10(3)8-15(6,18-13)14(16)17;1-8-10(2)12(4)14-13(5)11(3)9-15(6,7)16-14;1-7(2)5-15-13(21)14(3)4-8(17)10(19)12(22-14)11(20)9(18)6-16;1-10(2)3-5(12)7(14)9(16-10)8(15)6(13)4-11;1-4(2)3-5/h12-17H,9-11H2,1-8H3,(H,20,21);9-13H,7-8H2,1-6H3,(H,16,17);10-14H,8-9H2,1-7H3;7-12,16-20H,4-6H2,1-3H3,(H,15,21);5-9,11-15H,3-4H2,1-2H3;4H,3,5H2,1-2H3/t13-,14?,15-,16?,17?,19?;9-,10?,11-,12?,13?,15?;10-,11?,12-,13?,14?;;5?,6-,7?,8-,9?;/m111.1./s1. The number of aliphatic carboxylic acids is 1. The molecule has 590 valence electrons. The van der Waals surface area contributed by atoms with Gasteiger partial charge in [-0.15, -0.1) is 0 Å². The first kappa shape index (κ1) is 96.8. The van der Waals surface area contributed by atoms with Gasteiger partial charge < -0.3 is 96.2 Å². The van der Waals surface area contributed by atoms with Crippen molar-refractivity contribution in [2.24, 2.45) is 94.5 Å². The largest absolute Gasteiger partial charge is 0.479 e. The Morgan fingerprint density at radius 1 is 0.434 bits per heavy atom. The zero-order valence-electron chi connectivity index (χ0n) is 67.1. The number of carbonyl (C=O) groups excluding carboxylic acids is 2. The number of carboxylic acids is 1. The average Bonchev–Trinajstić information content (AvgIpc) is 0.806. The zero-order valence-corrected chi connectivity index (χ0v) is 67.1. The summed E-state index contributed by atoms with van der Waals surface area (Å²) in [6.07, 6.45) is -6.72. The molecule has 0 aromatic rings. The molecule has 5 fully saturated rings. The van der Waals surface area contributed by atoms with Crippen LogP contribution in [0.1, 0.15) is 245 Å². The number of carboxylic acid groups (broad SMARTS) is 1. The summed E-state index contributed by atoms with van der Waals surface area (Å²) >= 11 is 0. The lowest BCUT2D eigenvalue weighted by Crippen LogP contribution is -2.63. The van der Waals surface area contributed by atoms with Crippen molar-refractivity contribution in [3.8, 4) is 0 Å². The van der Waals surface area contributed by atoms with Crippen LogP contribution in [0, 0.1) is 88.8 Å². The van der Waals surface area contributed by atoms with E-state index in [1.165, 1.54) is 19.8 Å². The van der Waals surface area contributed by atoms with Crippen LogP contribution in [0.25, 0.3) is 0 Å². The van der Waals surface area contributed by atoms with Crippen LogP contribution in [0.15, 0.2) is 0 Å². The van der Waals surface area contributed by atoms with Gasteiger partial charge in [0.25, 0.3) is 11.8 Å². The molecule has 99 heavy (non-hydrogen) atoms. The summed E-state index contributed by atoms with van der Waals surface area (Å²) < 4.78 is 29.7. The van der Waals surface area contributed by atoms with Gasteiger partial charge in [-0.1, -0.05) is 165 Å². The second kappa shape index (κ2) is 43.4. The Balaban J connectivity index is 0.00000120. The minimum atomic E-state index is -1.63. The van der Waals surface area contributed by atoms with Gasteiger partial charge in [-0.2, -0.15) is 0 Å². The van der Waals surface area contributed by atoms with Gasteiger partial charge in [0.05, 0.1) is 54.9 Å². The number of amides is 2. The van der Waals surface area contributed by atoms with Gasteiger partial charge >= 0.3 is 5.97 Å². The maximum atomic E-state index is 12.6. The molecule has 22 nitrogen and oxygen atoms in total. The number of aliphatic hydroxyl groups excluding tert-OH is 10. The predicted molar refractivity (Wildman–Crippen MR) is 391 cm³/mol. The first-order valence-corrected chi connectivity index (χ1v) is 37.9. The van der Waals surface area contributed by atoms with Gasteiger partial charge in [-0.05, 0) is 163 Å². The molecular formula is C77H153N3O19. The summed E-state index contributed by atoms with van der Waals surface area (Å²) in [5.41, 5.74) is 1.39. The van der Waals surface area contributed by atoms with Crippen molar-refractivity contribution in [3.05, 3.63) is 0 Å². The Labute approximate surface area is 600 Å². The van der Waals surface area contributed by atoms with E-state index in [2.05, 4.69) is 156 Å². The molecule has 5 heterocycles. The van der Waals surface area contributed by atoms with E-state index >= 15 is 0 Å². The van der Waals surface area contributed by atoms with Crippen LogP contribution in [-0.2, 0) is 38.1 Å². The molecule has 5 rings (SSSR count). The first-order chi connectivity index (χ1) is 45.3. The number of aliphatic hydroxyl groups is 10. The molecule has 0 aromatic heterocycles. The molecule has 15 N–H and O–H groups in total. The number of nitrogens with one attached hydrogen (secondary N) is 2. The smallest absolute Gasteiger partial charge is 0.335 e. The molecule has 0 aliphatic carbocycles. The molecule has 5 saturated heterocycles. The second-order valence-electron chi connectivity index (χ2n) is 34.1. The summed E-state index contributed by atoms with van der Waals surface area (Å²) in [5.74, 6) is 6.84. The van der Waals surface area contributed by atoms with Gasteiger partial charge in [0, 0.05) is 25.9 Å². The molecule has 22 heteroatoms. The van der Waals surface area contributed by atoms with Crippen LogP contribution in [0.4, 0.5) is 0 Å². The van der Waals surface area contributed by atoms with Gasteiger partial charge in [-0.25, -0.2) is 4.79 Å². The number of rotatable bonds is 23. The Kier molecular flexibility index (Phi) is 42.4. The van der Waals surface area contributed by atoms with Gasteiger partial charge in [-0.3, -0.25) is 9.59 Å². The highest BCUT2D eigenvalue weighted by molar-refractivity contribution is 5.85. The van der Waals surface area contributed by atoms with E-state index in [0.717, 1.165) is 37.6 Å². The molecule has 5 aliphatic heterocycles. The summed E-state index contributed by atoms with van der Waals surface area (Å²) in [6.45, 7) is 59.9. The minimum Gasteiger partial charge on any atom is -0.479 e. The van der Waals surface area contributed by atoms with E-state index in [0.29, 0.717) is 96.6 Å². The molecule has 28 atom stereocenters. The Morgan fingerprint density at radius 3 is 1.03 bits per heavy atom. The molecule has 0 saturated carbocycles. The van der Waals surface area contributed by atoms with Crippen molar-refractivity contribution in [1.82, 2.24) is 10.6 Å². The van der Waals surface area contributed by atoms with Crippen LogP contribution >= 0.6 is 0 Å². The number of ether oxygens (including phenoxy) is 5. The maximum Gasteiger partial charge on any atom is 0.335 e. The third kappa shape index (κ3) is 29.9. The summed E-state index contributed by atoms with van der Waals surface area (Å²) in [6, 6.07) is 0. The molecule has 5 aliphatic rings. The third-order valence-electron chi connectivity index (χ3n) is 22.6. The molecule has 20 unspecified atom stereocenters. The van der Waals surface area contributed by atoms with Crippen molar-refractivity contribution in [1.29, 1.82) is 0 Å². The lowest BCUT2D eigenvalue weighted by Gasteiger charge is -2.47. The van der Waals surface area contributed by atoms with E-state index in [1.807, 2.05) is 20.8 Å². The second-order valence-corrected chi connectivity index (χ2v) is 34.1. The highest BCUT2D eigenvalue weighted by Crippen LogP contribution is 2.45. The maximum absolute atomic E-state index is 12.6. The van der Waals surface area contributed by atoms with Crippen molar-refractivity contribution in [3.63, 3.8) is 0 Å². The van der Waals surface area contributed by atoms with Crippen LogP contribution in [0.5, 0.6) is 0 Å². The first-order valence-electron chi connectivity index (χ1n) is 37.9. The summed E-state index contributed by atoms with van der Waals surface area (Å²) in [5, 5.41) is 110. The number of carbonyl (C=O) groups is 3. The lowest BCUT2D eigenvalue weighted by atomic mass is 9.72. The topological polar surface area (TPSA) is 370 Å². The molecule has 0 spiro atoms. The Hall–Kier alpha value is -2.23. The highest BCUT2D eigenvalue weighted by atomic mass is 16.6. The van der Waals surface area contributed by atoms with Crippen molar-refractivity contribution < 1.29 is 94.2 Å². The fourth-order valence-electron chi connectivity index (χ4n) is 13.9. The van der Waals surface area contributed by atoms with Crippen LogP contribution < -0.4 is 16.4 Å². The molecule has 0 aromatic carbocycles. The lowest BCUT2D eigenvalue weighted by molar-refractivity contribution is -0.242. The molecular weight excluding hydrogens is 1270 g/mol. The Bertz CT molecular complexity index is 2150. The van der Waals surface area contributed by atoms with Crippen molar-refractivity contribution in [2.75, 3.05) is 32.8 Å². The van der Waals surface area contributed by atoms with E-state index in [-0.39, 0.29) is 42.5 Å². The van der Waals surface area contributed by atoms with E-state index < -0.39 is 109 Å². The number of nitrogens with two attached hydrogens (primary N) is 1. The highest BCUT2D eigenvalue weighted by Gasteiger charge is 2.53. The average molecular weight is 1430 g/mol. The van der Waals surface area contributed by atoms with Crippen LogP contribution in [0.2, 0.25) is 0 Å². The fraction of sp³-hybridized carbons (Fsp3) is 0.961. The minimum absolute atomic E-state index is 0.0461. The quantitative estimate of drug-likeness (QED) is 0.0455. The van der Waals surface area contributed by atoms with Crippen molar-refractivity contribution in [2.45, 2.75) is 353 Å². The van der Waals surface area contributed by atoms with E-state index in [4.69, 9.17) is 39.6 Å². The summed E-state index contributed by atoms with van der Waals surface area (Å²) in [4.78, 5) is 36.3. The zero-order chi connectivity index (χ0) is 77.5. The monoisotopic (exact) mass is 1420 g/mol. The number of hydrogen-bond acceptors (Lipinski definition) is 19. The molecule has 2 amide bonds. The fourth-order valence-corrected chi connectivity index (χ4v) is 13.9. The third-order valence-corrected chi connectivity index (χ3v) is 22.6. The molecule has 0 radical (unpaired) electrons. The van der Waals surface area contributed by atoms with Crippen LogP contribution in [0.3, 0.4) is 0 Å². The van der Waals surface area contributed by atoms with Gasteiger partial charge in [0.15, 0.2) is 5.60 Å². The van der Waals surface area contributed by atoms with E-state index in [1.54, 1.807) is 20.8 Å². The predicted octanol–water partition coefficient (Wildman–Crippen LogP) is 8.67. The molecule has 0 bridgehead atoms.